The van der Waals surface area contributed by atoms with Crippen LogP contribution in [0.25, 0.3) is 0 Å². The average Bonchev–Trinajstić information content (AvgIpc) is 3.01. The Morgan fingerprint density at radius 2 is 2.04 bits per heavy atom. The molecule has 0 spiro atoms. The Bertz CT molecular complexity index is 739. The third-order valence-electron chi connectivity index (χ3n) is 3.57. The number of sulfonamides is 1. The van der Waals surface area contributed by atoms with E-state index in [9.17, 15) is 8.42 Å². The molecule has 2 aromatic rings. The van der Waals surface area contributed by atoms with Gasteiger partial charge in [-0.15, -0.1) is 0 Å². The van der Waals surface area contributed by atoms with Gasteiger partial charge in [-0.3, -0.25) is 4.90 Å². The monoisotopic (exact) mass is 338 g/mol. The maximum absolute atomic E-state index is 12.6. The quantitative estimate of drug-likeness (QED) is 0.838. The summed E-state index contributed by atoms with van der Waals surface area (Å²) < 4.78 is 38.4. The highest BCUT2D eigenvalue weighted by atomic mass is 32.2. The van der Waals surface area contributed by atoms with E-state index in [4.69, 9.17) is 9.15 Å². The molecule has 7 heteroatoms. The first-order chi connectivity index (χ1) is 10.8. The predicted molar refractivity (Wildman–Crippen MR) is 88.1 cm³/mol. The van der Waals surface area contributed by atoms with Crippen molar-refractivity contribution in [1.29, 1.82) is 0 Å². The van der Waals surface area contributed by atoms with Crippen molar-refractivity contribution in [3.8, 4) is 5.75 Å². The van der Waals surface area contributed by atoms with Crippen LogP contribution >= 0.6 is 0 Å². The lowest BCUT2D eigenvalue weighted by molar-refractivity contribution is 0.259. The van der Waals surface area contributed by atoms with E-state index in [0.717, 1.165) is 5.56 Å². The van der Waals surface area contributed by atoms with Crippen molar-refractivity contribution < 1.29 is 17.6 Å². The number of ether oxygens (including phenoxy) is 1. The number of hydrogen-bond donors (Lipinski definition) is 1. The van der Waals surface area contributed by atoms with E-state index in [0.29, 0.717) is 11.5 Å². The van der Waals surface area contributed by atoms with Gasteiger partial charge in [0.25, 0.3) is 0 Å². The van der Waals surface area contributed by atoms with Gasteiger partial charge in [-0.1, -0.05) is 6.07 Å². The minimum absolute atomic E-state index is 0.136. The molecule has 0 radical (unpaired) electrons. The van der Waals surface area contributed by atoms with Gasteiger partial charge in [0, 0.05) is 6.54 Å². The molecule has 0 aliphatic rings. The summed E-state index contributed by atoms with van der Waals surface area (Å²) in [7, 11) is 1.50. The van der Waals surface area contributed by atoms with Gasteiger partial charge < -0.3 is 9.15 Å². The van der Waals surface area contributed by atoms with E-state index in [1.54, 1.807) is 24.5 Å². The fourth-order valence-corrected chi connectivity index (χ4v) is 3.57. The highest BCUT2D eigenvalue weighted by Crippen LogP contribution is 2.25. The molecule has 1 aromatic carbocycles. The molecule has 1 atom stereocenters. The number of methoxy groups -OCH3 is 1. The number of likely N-dealkylation sites (N-methyl/N-ethyl adjacent to an activating group) is 1. The molecule has 0 fully saturated rings. The van der Waals surface area contributed by atoms with Crippen molar-refractivity contribution in [2.75, 3.05) is 27.7 Å². The first-order valence-electron chi connectivity index (χ1n) is 7.19. The minimum atomic E-state index is -3.69. The molecular weight excluding hydrogens is 316 g/mol. The summed E-state index contributed by atoms with van der Waals surface area (Å²) in [6.07, 6.45) is 1.57. The molecule has 2 rings (SSSR count). The molecule has 0 aliphatic carbocycles. The molecule has 0 amide bonds. The lowest BCUT2D eigenvalue weighted by Crippen LogP contribution is -2.34. The van der Waals surface area contributed by atoms with Crippen LogP contribution in [0.4, 0.5) is 0 Å². The van der Waals surface area contributed by atoms with E-state index < -0.39 is 10.0 Å². The van der Waals surface area contributed by atoms with Crippen LogP contribution in [0.2, 0.25) is 0 Å². The summed E-state index contributed by atoms with van der Waals surface area (Å²) in [5, 5.41) is 0. The Morgan fingerprint density at radius 3 is 2.61 bits per heavy atom. The van der Waals surface area contributed by atoms with Crippen LogP contribution in [-0.2, 0) is 10.0 Å². The number of nitrogens with one attached hydrogen (secondary N) is 1. The van der Waals surface area contributed by atoms with Crippen LogP contribution in [-0.4, -0.2) is 41.1 Å². The average molecular weight is 338 g/mol. The second-order valence-corrected chi connectivity index (χ2v) is 7.24. The number of nitrogens with zero attached hydrogens (tertiary/aromatic N) is 1. The molecule has 126 valence electrons. The molecule has 0 bridgehead atoms. The third kappa shape index (κ3) is 4.13. The summed E-state index contributed by atoms with van der Waals surface area (Å²) >= 11 is 0. The molecule has 23 heavy (non-hydrogen) atoms. The van der Waals surface area contributed by atoms with Gasteiger partial charge in [0.1, 0.15) is 16.4 Å². The molecule has 1 aromatic heterocycles. The highest BCUT2D eigenvalue weighted by Gasteiger charge is 2.24. The van der Waals surface area contributed by atoms with Crippen molar-refractivity contribution in [1.82, 2.24) is 9.62 Å². The summed E-state index contributed by atoms with van der Waals surface area (Å²) in [5.41, 5.74) is 0.848. The summed E-state index contributed by atoms with van der Waals surface area (Å²) in [4.78, 5) is 2.03. The Kier molecular flexibility index (Phi) is 5.46. The summed E-state index contributed by atoms with van der Waals surface area (Å²) in [6.45, 7) is 2.03. The Balaban J connectivity index is 2.23. The zero-order chi connectivity index (χ0) is 17.0. The first kappa shape index (κ1) is 17.5. The van der Waals surface area contributed by atoms with Crippen molar-refractivity contribution >= 4 is 10.0 Å². The molecule has 6 nitrogen and oxygen atoms in total. The van der Waals surface area contributed by atoms with E-state index >= 15 is 0 Å². The standard InChI is InChI=1S/C16H22N2O4S/c1-12-7-8-15(21-4)16(10-12)23(19,20)17-11-13(18(2)3)14-6-5-9-22-14/h5-10,13,17H,11H2,1-4H3. The number of hydrogen-bond acceptors (Lipinski definition) is 5. The van der Waals surface area contributed by atoms with Gasteiger partial charge in [0.05, 0.1) is 19.4 Å². The Labute approximate surface area is 137 Å². The van der Waals surface area contributed by atoms with Crippen molar-refractivity contribution in [2.45, 2.75) is 17.9 Å². The van der Waals surface area contributed by atoms with E-state index in [2.05, 4.69) is 4.72 Å². The van der Waals surface area contributed by atoms with Crippen LogP contribution < -0.4 is 9.46 Å². The number of furan rings is 1. The van der Waals surface area contributed by atoms with Crippen LogP contribution in [0.15, 0.2) is 45.9 Å². The molecule has 1 N–H and O–H groups in total. The van der Waals surface area contributed by atoms with Gasteiger partial charge in [-0.05, 0) is 50.8 Å². The zero-order valence-corrected chi connectivity index (χ0v) is 14.6. The van der Waals surface area contributed by atoms with Gasteiger partial charge >= 0.3 is 0 Å². The third-order valence-corrected chi connectivity index (χ3v) is 5.02. The van der Waals surface area contributed by atoms with Crippen LogP contribution in [0.1, 0.15) is 17.4 Å². The van der Waals surface area contributed by atoms with Crippen LogP contribution in [0.3, 0.4) is 0 Å². The smallest absolute Gasteiger partial charge is 0.244 e. The van der Waals surface area contributed by atoms with Crippen LogP contribution in [0, 0.1) is 6.92 Å². The number of benzene rings is 1. The molecular formula is C16H22N2O4S. The summed E-state index contributed by atoms with van der Waals surface area (Å²) in [6, 6.07) is 8.47. The lowest BCUT2D eigenvalue weighted by Gasteiger charge is -2.22. The second-order valence-electron chi connectivity index (χ2n) is 5.50. The normalized spacial score (nSPS) is 13.3. The largest absolute Gasteiger partial charge is 0.495 e. The van der Waals surface area contributed by atoms with E-state index in [1.165, 1.54) is 7.11 Å². The van der Waals surface area contributed by atoms with Gasteiger partial charge in [0.15, 0.2) is 0 Å². The number of aryl methyl sites for hydroxylation is 1. The topological polar surface area (TPSA) is 71.8 Å². The fraction of sp³-hybridized carbons (Fsp3) is 0.375. The van der Waals surface area contributed by atoms with Gasteiger partial charge in [-0.2, -0.15) is 0 Å². The van der Waals surface area contributed by atoms with Crippen LogP contribution in [0.5, 0.6) is 5.75 Å². The zero-order valence-electron chi connectivity index (χ0n) is 13.7. The van der Waals surface area contributed by atoms with Gasteiger partial charge in [-0.25, -0.2) is 13.1 Å². The maximum atomic E-state index is 12.6. The Hall–Kier alpha value is -1.83. The van der Waals surface area contributed by atoms with Gasteiger partial charge in [0.2, 0.25) is 10.0 Å². The molecule has 0 saturated heterocycles. The van der Waals surface area contributed by atoms with Crippen molar-refractivity contribution in [3.63, 3.8) is 0 Å². The molecule has 0 saturated carbocycles. The summed E-state index contributed by atoms with van der Waals surface area (Å²) in [5.74, 6) is 1.02. The number of rotatable bonds is 7. The van der Waals surface area contributed by atoms with E-state index in [1.807, 2.05) is 38.1 Å². The highest BCUT2D eigenvalue weighted by molar-refractivity contribution is 7.89. The predicted octanol–water partition coefficient (Wildman–Crippen LogP) is 2.18. The molecule has 0 aliphatic heterocycles. The maximum Gasteiger partial charge on any atom is 0.244 e. The van der Waals surface area contributed by atoms with Crippen molar-refractivity contribution in [2.24, 2.45) is 0 Å². The van der Waals surface area contributed by atoms with E-state index in [-0.39, 0.29) is 17.5 Å². The SMILES string of the molecule is COc1ccc(C)cc1S(=O)(=O)NCC(c1ccco1)N(C)C. The Morgan fingerprint density at radius 1 is 1.30 bits per heavy atom. The lowest BCUT2D eigenvalue weighted by atomic mass is 10.2. The fourth-order valence-electron chi connectivity index (χ4n) is 2.28. The molecule has 1 heterocycles. The van der Waals surface area contributed by atoms with Crippen molar-refractivity contribution in [3.05, 3.63) is 47.9 Å². The second kappa shape index (κ2) is 7.16. The molecule has 1 unspecified atom stereocenters. The minimum Gasteiger partial charge on any atom is -0.495 e. The first-order valence-corrected chi connectivity index (χ1v) is 8.67.